The molecule has 0 bridgehead atoms. The molecule has 1 amide bonds. The van der Waals surface area contributed by atoms with E-state index in [1.54, 1.807) is 0 Å². The molecule has 1 unspecified atom stereocenters. The van der Waals surface area contributed by atoms with Crippen LogP contribution in [0.5, 0.6) is 0 Å². The number of amides is 1. The zero-order valence-electron chi connectivity index (χ0n) is 10.3. The molecule has 0 spiro atoms. The second kappa shape index (κ2) is 5.17. The van der Waals surface area contributed by atoms with Crippen LogP contribution in [0.25, 0.3) is 0 Å². The van der Waals surface area contributed by atoms with Crippen LogP contribution in [0.1, 0.15) is 58.3 Å². The van der Waals surface area contributed by atoms with Gasteiger partial charge in [0.25, 0.3) is 0 Å². The predicted octanol–water partition coefficient (Wildman–Crippen LogP) is 1.97. The molecule has 1 saturated carbocycles. The Morgan fingerprint density at radius 1 is 1.19 bits per heavy atom. The summed E-state index contributed by atoms with van der Waals surface area (Å²) >= 11 is 0. The Kier molecular flexibility index (Phi) is 3.85. The second-order valence-corrected chi connectivity index (χ2v) is 5.61. The van der Waals surface area contributed by atoms with Crippen molar-refractivity contribution in [3.8, 4) is 0 Å². The van der Waals surface area contributed by atoms with Crippen molar-refractivity contribution in [3.05, 3.63) is 0 Å². The second-order valence-electron chi connectivity index (χ2n) is 5.61. The van der Waals surface area contributed by atoms with Crippen LogP contribution in [0.15, 0.2) is 0 Å². The van der Waals surface area contributed by atoms with E-state index in [0.717, 1.165) is 25.8 Å². The molecule has 2 fully saturated rings. The minimum Gasteiger partial charge on any atom is -0.350 e. The zero-order valence-corrected chi connectivity index (χ0v) is 10.3. The minimum atomic E-state index is 0.0625. The van der Waals surface area contributed by atoms with E-state index in [-0.39, 0.29) is 17.5 Å². The third-order valence-corrected chi connectivity index (χ3v) is 4.01. The van der Waals surface area contributed by atoms with Gasteiger partial charge in [-0.2, -0.15) is 0 Å². The first-order valence-electron chi connectivity index (χ1n) is 6.75. The molecule has 0 radical (unpaired) electrons. The Balaban J connectivity index is 1.85. The monoisotopic (exact) mass is 224 g/mol. The molecule has 3 nitrogen and oxygen atoms in total. The van der Waals surface area contributed by atoms with E-state index < -0.39 is 0 Å². The van der Waals surface area contributed by atoms with Crippen LogP contribution in [0.4, 0.5) is 0 Å². The van der Waals surface area contributed by atoms with E-state index in [0.29, 0.717) is 0 Å². The molecule has 2 rings (SSSR count). The maximum absolute atomic E-state index is 12.1. The zero-order chi connectivity index (χ0) is 11.4. The standard InChI is InChI=1S/C13H24N2O/c1-13(8-4-2-5-9-13)15-12(16)11-7-3-6-10-14-11/h11,14H,2-10H2,1H3,(H,15,16). The fraction of sp³-hybridized carbons (Fsp3) is 0.923. The van der Waals surface area contributed by atoms with Crippen molar-refractivity contribution in [2.24, 2.45) is 0 Å². The Morgan fingerprint density at radius 2 is 1.94 bits per heavy atom. The lowest BCUT2D eigenvalue weighted by Crippen LogP contribution is -2.55. The van der Waals surface area contributed by atoms with Crippen molar-refractivity contribution in [3.63, 3.8) is 0 Å². The highest BCUT2D eigenvalue weighted by Gasteiger charge is 2.31. The topological polar surface area (TPSA) is 41.1 Å². The summed E-state index contributed by atoms with van der Waals surface area (Å²) in [4.78, 5) is 12.1. The Hall–Kier alpha value is -0.570. The van der Waals surface area contributed by atoms with Crippen molar-refractivity contribution in [2.45, 2.75) is 69.9 Å². The number of hydrogen-bond acceptors (Lipinski definition) is 2. The molecule has 2 N–H and O–H groups in total. The number of piperidine rings is 1. The minimum absolute atomic E-state index is 0.0625. The van der Waals surface area contributed by atoms with Gasteiger partial charge in [-0.25, -0.2) is 0 Å². The highest BCUT2D eigenvalue weighted by Crippen LogP contribution is 2.27. The van der Waals surface area contributed by atoms with Gasteiger partial charge in [-0.05, 0) is 39.2 Å². The van der Waals surface area contributed by atoms with Crippen LogP contribution in [0, 0.1) is 0 Å². The molecule has 0 aromatic heterocycles. The maximum Gasteiger partial charge on any atom is 0.237 e. The van der Waals surface area contributed by atoms with Gasteiger partial charge in [0.05, 0.1) is 6.04 Å². The highest BCUT2D eigenvalue weighted by molar-refractivity contribution is 5.82. The summed E-state index contributed by atoms with van der Waals surface area (Å²) in [6.07, 6.45) is 9.53. The average molecular weight is 224 g/mol. The maximum atomic E-state index is 12.1. The molecule has 0 aromatic rings. The van der Waals surface area contributed by atoms with E-state index in [2.05, 4.69) is 17.6 Å². The molecule has 1 heterocycles. The summed E-state index contributed by atoms with van der Waals surface area (Å²) in [5, 5.41) is 6.58. The van der Waals surface area contributed by atoms with E-state index in [1.165, 1.54) is 32.1 Å². The predicted molar refractivity (Wildman–Crippen MR) is 65.3 cm³/mol. The molecule has 1 atom stereocenters. The van der Waals surface area contributed by atoms with Gasteiger partial charge >= 0.3 is 0 Å². The third-order valence-electron chi connectivity index (χ3n) is 4.01. The highest BCUT2D eigenvalue weighted by atomic mass is 16.2. The molecule has 92 valence electrons. The largest absolute Gasteiger partial charge is 0.350 e. The quantitative estimate of drug-likeness (QED) is 0.753. The number of hydrogen-bond donors (Lipinski definition) is 2. The number of carbonyl (C=O) groups excluding carboxylic acids is 1. The van der Waals surface area contributed by atoms with Gasteiger partial charge < -0.3 is 10.6 Å². The first kappa shape index (κ1) is 11.9. The van der Waals surface area contributed by atoms with Crippen LogP contribution in [0.2, 0.25) is 0 Å². The van der Waals surface area contributed by atoms with Crippen molar-refractivity contribution >= 4 is 5.91 Å². The van der Waals surface area contributed by atoms with Crippen LogP contribution in [-0.2, 0) is 4.79 Å². The summed E-state index contributed by atoms with van der Waals surface area (Å²) in [6, 6.07) is 0.0625. The van der Waals surface area contributed by atoms with Gasteiger partial charge in [-0.1, -0.05) is 25.7 Å². The molecule has 3 heteroatoms. The Morgan fingerprint density at radius 3 is 2.56 bits per heavy atom. The molecule has 16 heavy (non-hydrogen) atoms. The number of rotatable bonds is 2. The van der Waals surface area contributed by atoms with Crippen LogP contribution in [-0.4, -0.2) is 24.0 Å². The SMILES string of the molecule is CC1(NC(=O)C2CCCCN2)CCCCC1. The smallest absolute Gasteiger partial charge is 0.237 e. The van der Waals surface area contributed by atoms with Crippen molar-refractivity contribution in [1.82, 2.24) is 10.6 Å². The first-order chi connectivity index (χ1) is 7.70. The molecule has 1 saturated heterocycles. The summed E-state index contributed by atoms with van der Waals surface area (Å²) in [5.41, 5.74) is 0.0639. The van der Waals surface area contributed by atoms with Crippen LogP contribution in [0.3, 0.4) is 0 Å². The lowest BCUT2D eigenvalue weighted by molar-refractivity contribution is -0.125. The van der Waals surface area contributed by atoms with Gasteiger partial charge in [0.15, 0.2) is 0 Å². The summed E-state index contributed by atoms with van der Waals surface area (Å²) in [7, 11) is 0. The van der Waals surface area contributed by atoms with Gasteiger partial charge in [-0.3, -0.25) is 4.79 Å². The van der Waals surface area contributed by atoms with Crippen LogP contribution < -0.4 is 10.6 Å². The molecule has 1 aliphatic heterocycles. The summed E-state index contributed by atoms with van der Waals surface area (Å²) in [5.74, 6) is 0.226. The van der Waals surface area contributed by atoms with E-state index in [9.17, 15) is 4.79 Å². The normalized spacial score (nSPS) is 29.7. The fourth-order valence-electron chi connectivity index (χ4n) is 2.92. The Bertz CT molecular complexity index is 240. The molecular weight excluding hydrogens is 200 g/mol. The summed E-state index contributed by atoms with van der Waals surface area (Å²) < 4.78 is 0. The van der Waals surface area contributed by atoms with E-state index in [1.807, 2.05) is 0 Å². The number of carbonyl (C=O) groups is 1. The van der Waals surface area contributed by atoms with E-state index in [4.69, 9.17) is 0 Å². The average Bonchev–Trinajstić information content (AvgIpc) is 2.30. The fourth-order valence-corrected chi connectivity index (χ4v) is 2.92. The lowest BCUT2D eigenvalue weighted by Gasteiger charge is -2.36. The van der Waals surface area contributed by atoms with Crippen LogP contribution >= 0.6 is 0 Å². The van der Waals surface area contributed by atoms with Crippen molar-refractivity contribution in [2.75, 3.05) is 6.54 Å². The van der Waals surface area contributed by atoms with Crippen molar-refractivity contribution in [1.29, 1.82) is 0 Å². The third kappa shape index (κ3) is 2.97. The molecule has 0 aromatic carbocycles. The van der Waals surface area contributed by atoms with Gasteiger partial charge in [0, 0.05) is 5.54 Å². The van der Waals surface area contributed by atoms with E-state index >= 15 is 0 Å². The molecular formula is C13H24N2O. The van der Waals surface area contributed by atoms with Crippen molar-refractivity contribution < 1.29 is 4.79 Å². The summed E-state index contributed by atoms with van der Waals surface area (Å²) in [6.45, 7) is 3.20. The van der Waals surface area contributed by atoms with Gasteiger partial charge in [0.2, 0.25) is 5.91 Å². The Labute approximate surface area is 98.4 Å². The molecule has 2 aliphatic rings. The van der Waals surface area contributed by atoms with Gasteiger partial charge in [0.1, 0.15) is 0 Å². The van der Waals surface area contributed by atoms with Gasteiger partial charge in [-0.15, -0.1) is 0 Å². The lowest BCUT2D eigenvalue weighted by atomic mass is 9.83. The number of nitrogens with one attached hydrogen (secondary N) is 2. The first-order valence-corrected chi connectivity index (χ1v) is 6.75. The molecule has 1 aliphatic carbocycles.